The van der Waals surface area contributed by atoms with E-state index in [1.165, 1.54) is 0 Å². The van der Waals surface area contributed by atoms with Crippen LogP contribution in [0.15, 0.2) is 53.3 Å². The molecule has 3 aromatic rings. The number of hydrogen-bond acceptors (Lipinski definition) is 1. The lowest BCUT2D eigenvalue weighted by Crippen LogP contribution is -2.21. The van der Waals surface area contributed by atoms with E-state index in [1.807, 2.05) is 47.0 Å². The molecule has 20 heavy (non-hydrogen) atoms. The topological polar surface area (TPSA) is 22.0 Å². The first-order chi connectivity index (χ1) is 9.68. The van der Waals surface area contributed by atoms with Crippen LogP contribution >= 0.6 is 0 Å². The molecule has 0 unspecified atom stereocenters. The molecule has 1 heterocycles. The largest absolute Gasteiger partial charge is 0.308 e. The number of benzene rings is 2. The number of para-hydroxylation sites is 1. The molecule has 0 amide bonds. The van der Waals surface area contributed by atoms with Gasteiger partial charge in [-0.3, -0.25) is 4.79 Å². The van der Waals surface area contributed by atoms with Crippen LogP contribution in [-0.2, 0) is 6.54 Å². The fourth-order valence-electron chi connectivity index (χ4n) is 2.71. The summed E-state index contributed by atoms with van der Waals surface area (Å²) >= 11 is 0. The minimum absolute atomic E-state index is 0.125. The molecule has 1 aromatic heterocycles. The second kappa shape index (κ2) is 5.12. The van der Waals surface area contributed by atoms with Crippen molar-refractivity contribution in [1.82, 2.24) is 4.57 Å². The summed E-state index contributed by atoms with van der Waals surface area (Å²) in [6.07, 6.45) is 1.02. The lowest BCUT2D eigenvalue weighted by Gasteiger charge is -2.14. The number of aryl methyl sites for hydroxylation is 1. The van der Waals surface area contributed by atoms with Gasteiger partial charge in [-0.25, -0.2) is 0 Å². The number of pyridine rings is 1. The molecular formula is C18H19NO. The highest BCUT2D eigenvalue weighted by Crippen LogP contribution is 2.22. The molecule has 0 spiro atoms. The summed E-state index contributed by atoms with van der Waals surface area (Å²) in [5.41, 5.74) is 1.16. The molecule has 0 saturated carbocycles. The molecule has 0 fully saturated rings. The van der Waals surface area contributed by atoms with Crippen LogP contribution < -0.4 is 5.56 Å². The highest BCUT2D eigenvalue weighted by molar-refractivity contribution is 6.05. The van der Waals surface area contributed by atoms with Gasteiger partial charge in [-0.2, -0.15) is 0 Å². The number of hydrogen-bond donors (Lipinski definition) is 0. The lowest BCUT2D eigenvalue weighted by atomic mass is 10.1. The van der Waals surface area contributed by atoms with Crippen LogP contribution in [0, 0.1) is 5.92 Å². The molecule has 3 rings (SSSR count). The number of nitrogens with zero attached hydrogens (tertiary/aromatic N) is 1. The van der Waals surface area contributed by atoms with E-state index in [0.717, 1.165) is 34.6 Å². The van der Waals surface area contributed by atoms with Crippen molar-refractivity contribution in [2.45, 2.75) is 26.8 Å². The molecule has 0 saturated heterocycles. The van der Waals surface area contributed by atoms with Crippen molar-refractivity contribution in [2.24, 2.45) is 5.92 Å². The van der Waals surface area contributed by atoms with Gasteiger partial charge in [0.25, 0.3) is 5.56 Å². The van der Waals surface area contributed by atoms with E-state index in [9.17, 15) is 4.79 Å². The Morgan fingerprint density at radius 1 is 0.900 bits per heavy atom. The van der Waals surface area contributed by atoms with E-state index in [4.69, 9.17) is 0 Å². The fourth-order valence-corrected chi connectivity index (χ4v) is 2.71. The summed E-state index contributed by atoms with van der Waals surface area (Å²) in [6.45, 7) is 5.16. The Kier molecular flexibility index (Phi) is 3.31. The van der Waals surface area contributed by atoms with Crippen LogP contribution in [0.2, 0.25) is 0 Å². The van der Waals surface area contributed by atoms with E-state index in [2.05, 4.69) is 19.9 Å². The summed E-state index contributed by atoms with van der Waals surface area (Å²) in [4.78, 5) is 12.7. The van der Waals surface area contributed by atoms with E-state index < -0.39 is 0 Å². The summed E-state index contributed by atoms with van der Waals surface area (Å²) in [5, 5.41) is 3.02. The first-order valence-electron chi connectivity index (χ1n) is 7.19. The van der Waals surface area contributed by atoms with Crippen molar-refractivity contribution in [1.29, 1.82) is 0 Å². The molecule has 0 aliphatic carbocycles. The predicted octanol–water partition coefficient (Wildman–Crippen LogP) is 4.20. The molecule has 0 N–H and O–H groups in total. The van der Waals surface area contributed by atoms with Gasteiger partial charge in [0, 0.05) is 17.3 Å². The summed E-state index contributed by atoms with van der Waals surface area (Å²) in [7, 11) is 0. The molecule has 0 aliphatic rings. The summed E-state index contributed by atoms with van der Waals surface area (Å²) in [6, 6.07) is 16.1. The van der Waals surface area contributed by atoms with Crippen LogP contribution in [-0.4, -0.2) is 4.57 Å². The second-order valence-electron chi connectivity index (χ2n) is 5.70. The van der Waals surface area contributed by atoms with Crippen LogP contribution in [0.5, 0.6) is 0 Å². The molecule has 0 aliphatic heterocycles. The van der Waals surface area contributed by atoms with Crippen LogP contribution in [0.3, 0.4) is 0 Å². The number of aromatic nitrogens is 1. The third kappa shape index (κ3) is 2.11. The Labute approximate surface area is 118 Å². The van der Waals surface area contributed by atoms with Gasteiger partial charge in [-0.15, -0.1) is 0 Å². The molecular weight excluding hydrogens is 246 g/mol. The van der Waals surface area contributed by atoms with Gasteiger partial charge in [0.1, 0.15) is 0 Å². The zero-order valence-corrected chi connectivity index (χ0v) is 12.0. The Morgan fingerprint density at radius 2 is 1.50 bits per heavy atom. The van der Waals surface area contributed by atoms with Crippen LogP contribution in [0.1, 0.15) is 20.3 Å². The van der Waals surface area contributed by atoms with Gasteiger partial charge in [-0.1, -0.05) is 50.2 Å². The Balaban J connectivity index is 2.36. The van der Waals surface area contributed by atoms with Gasteiger partial charge in [0.05, 0.1) is 5.52 Å². The number of rotatable bonds is 3. The average molecular weight is 265 g/mol. The lowest BCUT2D eigenvalue weighted by molar-refractivity contribution is 0.518. The first-order valence-corrected chi connectivity index (χ1v) is 7.19. The van der Waals surface area contributed by atoms with E-state index >= 15 is 0 Å². The smallest absolute Gasteiger partial charge is 0.258 e. The van der Waals surface area contributed by atoms with Crippen molar-refractivity contribution in [3.8, 4) is 0 Å². The molecule has 2 nitrogen and oxygen atoms in total. The zero-order valence-electron chi connectivity index (χ0n) is 12.0. The third-order valence-electron chi connectivity index (χ3n) is 3.82. The van der Waals surface area contributed by atoms with E-state index in [1.54, 1.807) is 0 Å². The summed E-state index contributed by atoms with van der Waals surface area (Å²) < 4.78 is 1.93. The molecule has 2 aromatic carbocycles. The maximum atomic E-state index is 12.7. The third-order valence-corrected chi connectivity index (χ3v) is 3.82. The van der Waals surface area contributed by atoms with E-state index in [0.29, 0.717) is 5.92 Å². The van der Waals surface area contributed by atoms with Gasteiger partial charge >= 0.3 is 0 Å². The van der Waals surface area contributed by atoms with Crippen molar-refractivity contribution in [2.75, 3.05) is 0 Å². The van der Waals surface area contributed by atoms with Crippen molar-refractivity contribution in [3.05, 3.63) is 58.9 Å². The van der Waals surface area contributed by atoms with Crippen LogP contribution in [0.4, 0.5) is 0 Å². The summed E-state index contributed by atoms with van der Waals surface area (Å²) in [5.74, 6) is 0.590. The minimum atomic E-state index is 0.125. The Bertz CT molecular complexity index is 814. The maximum Gasteiger partial charge on any atom is 0.258 e. The van der Waals surface area contributed by atoms with Crippen molar-refractivity contribution in [3.63, 3.8) is 0 Å². The number of fused-ring (bicyclic) bond motifs is 3. The standard InChI is InChI=1S/C18H19NO/c1-13(2)11-12-19-17-10-6-5-8-15(17)14-7-3-4-9-16(14)18(19)20/h3-10,13H,11-12H2,1-2H3. The van der Waals surface area contributed by atoms with Crippen LogP contribution in [0.25, 0.3) is 21.7 Å². The first kappa shape index (κ1) is 12.9. The highest BCUT2D eigenvalue weighted by Gasteiger charge is 2.09. The Hall–Kier alpha value is -2.09. The molecule has 2 heteroatoms. The molecule has 102 valence electrons. The normalized spacial score (nSPS) is 11.6. The molecule has 0 radical (unpaired) electrons. The van der Waals surface area contributed by atoms with Crippen molar-refractivity contribution < 1.29 is 0 Å². The average Bonchev–Trinajstić information content (AvgIpc) is 2.47. The van der Waals surface area contributed by atoms with Gasteiger partial charge in [0.2, 0.25) is 0 Å². The van der Waals surface area contributed by atoms with Gasteiger partial charge in [-0.05, 0) is 29.9 Å². The molecule has 0 atom stereocenters. The Morgan fingerprint density at radius 3 is 2.20 bits per heavy atom. The monoisotopic (exact) mass is 265 g/mol. The molecule has 0 bridgehead atoms. The minimum Gasteiger partial charge on any atom is -0.308 e. The highest BCUT2D eigenvalue weighted by atomic mass is 16.1. The van der Waals surface area contributed by atoms with E-state index in [-0.39, 0.29) is 5.56 Å². The predicted molar refractivity (Wildman–Crippen MR) is 85.2 cm³/mol. The SMILES string of the molecule is CC(C)CCn1c(=O)c2ccccc2c2ccccc21. The van der Waals surface area contributed by atoms with Crippen molar-refractivity contribution >= 4 is 21.7 Å². The van der Waals surface area contributed by atoms with Gasteiger partial charge in [0.15, 0.2) is 0 Å². The zero-order chi connectivity index (χ0) is 14.1. The quantitative estimate of drug-likeness (QED) is 0.650. The maximum absolute atomic E-state index is 12.7. The second-order valence-corrected chi connectivity index (χ2v) is 5.70. The van der Waals surface area contributed by atoms with Gasteiger partial charge < -0.3 is 4.57 Å². The fraction of sp³-hybridized carbons (Fsp3) is 0.278.